The second kappa shape index (κ2) is 9.57. The molecule has 0 bridgehead atoms. The highest BCUT2D eigenvalue weighted by atomic mass is 32.2. The molecule has 3 aromatic rings. The summed E-state index contributed by atoms with van der Waals surface area (Å²) < 4.78 is 97.8. The number of sulfonamides is 1. The normalized spacial score (nSPS) is 12.7. The van der Waals surface area contributed by atoms with Crippen molar-refractivity contribution in [1.29, 1.82) is 0 Å². The van der Waals surface area contributed by atoms with Crippen molar-refractivity contribution in [2.45, 2.75) is 29.3 Å². The molecular formula is C22H19F3N2O5S2. The van der Waals surface area contributed by atoms with Crippen molar-refractivity contribution in [3.63, 3.8) is 0 Å². The minimum absolute atomic E-state index is 0.0172. The van der Waals surface area contributed by atoms with Crippen LogP contribution in [0.3, 0.4) is 0 Å². The van der Waals surface area contributed by atoms with E-state index in [4.69, 9.17) is 0 Å². The highest BCUT2D eigenvalue weighted by Crippen LogP contribution is 2.36. The van der Waals surface area contributed by atoms with Crippen LogP contribution in [0.15, 0.2) is 81.6 Å². The molecule has 0 atom stereocenters. The molecule has 180 valence electrons. The number of hydrogen-bond acceptors (Lipinski definition) is 5. The number of benzene rings is 3. The fourth-order valence-corrected chi connectivity index (χ4v) is 4.60. The van der Waals surface area contributed by atoms with Gasteiger partial charge in [-0.3, -0.25) is 4.55 Å². The minimum Gasteiger partial charge on any atom is -0.282 e. The minimum atomic E-state index is -4.87. The molecule has 0 spiro atoms. The highest BCUT2D eigenvalue weighted by molar-refractivity contribution is 7.89. The Kier molecular flexibility index (Phi) is 7.15. The van der Waals surface area contributed by atoms with E-state index in [1.807, 2.05) is 11.8 Å². The molecule has 0 radical (unpaired) electrons. The van der Waals surface area contributed by atoms with Crippen molar-refractivity contribution < 1.29 is 34.6 Å². The monoisotopic (exact) mass is 512 g/mol. The Morgan fingerprint density at radius 3 is 2.18 bits per heavy atom. The van der Waals surface area contributed by atoms with Crippen LogP contribution in [0.1, 0.15) is 23.6 Å². The number of nitrogens with zero attached hydrogens (tertiary/aromatic N) is 1. The van der Waals surface area contributed by atoms with E-state index in [1.54, 1.807) is 12.1 Å². The second-order valence-corrected chi connectivity index (χ2v) is 10.2. The molecule has 0 saturated carbocycles. The topological polar surface area (TPSA) is 113 Å². The van der Waals surface area contributed by atoms with Gasteiger partial charge < -0.3 is 0 Å². The van der Waals surface area contributed by atoms with Gasteiger partial charge in [-0.15, -0.1) is 0 Å². The lowest BCUT2D eigenvalue weighted by atomic mass is 9.98. The third-order valence-electron chi connectivity index (χ3n) is 4.85. The molecule has 2 N–H and O–H groups in total. The van der Waals surface area contributed by atoms with Gasteiger partial charge in [0.2, 0.25) is 0 Å². The number of aryl methyl sites for hydroxylation is 1. The molecule has 0 saturated heterocycles. The highest BCUT2D eigenvalue weighted by Gasteiger charge is 2.32. The van der Waals surface area contributed by atoms with Gasteiger partial charge in [0.15, 0.2) is 0 Å². The average molecular weight is 513 g/mol. The summed E-state index contributed by atoms with van der Waals surface area (Å²) >= 11 is 0. The van der Waals surface area contributed by atoms with Crippen LogP contribution in [0.2, 0.25) is 0 Å². The predicted octanol–water partition coefficient (Wildman–Crippen LogP) is 4.49. The summed E-state index contributed by atoms with van der Waals surface area (Å²) in [5.74, 6) is 0. The molecular weight excluding hydrogens is 493 g/mol. The summed E-state index contributed by atoms with van der Waals surface area (Å²) in [4.78, 5) is 1.24. The third kappa shape index (κ3) is 5.82. The van der Waals surface area contributed by atoms with Crippen LogP contribution in [0.5, 0.6) is 0 Å². The zero-order valence-corrected chi connectivity index (χ0v) is 19.2. The number of alkyl halides is 3. The Labute approximate surface area is 194 Å². The summed E-state index contributed by atoms with van der Waals surface area (Å²) in [6, 6.07) is 13.6. The van der Waals surface area contributed by atoms with Gasteiger partial charge in [0.1, 0.15) is 4.90 Å². The fraction of sp³-hybridized carbons (Fsp3) is 0.136. The van der Waals surface area contributed by atoms with Gasteiger partial charge in [0, 0.05) is 11.1 Å². The molecule has 0 aliphatic carbocycles. The number of rotatable bonds is 7. The van der Waals surface area contributed by atoms with Gasteiger partial charge in [0.25, 0.3) is 20.1 Å². The molecule has 0 heterocycles. The maximum absolute atomic E-state index is 13.2. The molecule has 3 rings (SSSR count). The van der Waals surface area contributed by atoms with E-state index in [1.165, 1.54) is 36.4 Å². The molecule has 34 heavy (non-hydrogen) atoms. The van der Waals surface area contributed by atoms with Crippen molar-refractivity contribution in [1.82, 2.24) is 4.83 Å². The predicted molar refractivity (Wildman–Crippen MR) is 120 cm³/mol. The Hall–Kier alpha value is -3.22. The molecule has 0 amide bonds. The van der Waals surface area contributed by atoms with Gasteiger partial charge in [-0.05, 0) is 47.9 Å². The fourth-order valence-electron chi connectivity index (χ4n) is 3.12. The van der Waals surface area contributed by atoms with E-state index < -0.39 is 42.3 Å². The first-order valence-electron chi connectivity index (χ1n) is 9.75. The maximum Gasteiger partial charge on any atom is 0.416 e. The number of halogens is 3. The lowest BCUT2D eigenvalue weighted by molar-refractivity contribution is -0.137. The van der Waals surface area contributed by atoms with Gasteiger partial charge in [0.05, 0.1) is 16.7 Å². The largest absolute Gasteiger partial charge is 0.416 e. The Morgan fingerprint density at radius 2 is 1.59 bits per heavy atom. The maximum atomic E-state index is 13.2. The molecule has 12 heteroatoms. The van der Waals surface area contributed by atoms with Crippen molar-refractivity contribution in [3.05, 3.63) is 83.4 Å². The van der Waals surface area contributed by atoms with Crippen LogP contribution >= 0.6 is 0 Å². The Morgan fingerprint density at radius 1 is 0.941 bits per heavy atom. The van der Waals surface area contributed by atoms with Crippen molar-refractivity contribution in [2.24, 2.45) is 5.10 Å². The lowest BCUT2D eigenvalue weighted by Gasteiger charge is -2.14. The van der Waals surface area contributed by atoms with E-state index in [2.05, 4.69) is 5.10 Å². The molecule has 0 aliphatic rings. The quantitative estimate of drug-likeness (QED) is 0.275. The Balaban J connectivity index is 2.02. The van der Waals surface area contributed by atoms with Gasteiger partial charge in [-0.2, -0.15) is 35.1 Å². The van der Waals surface area contributed by atoms with Gasteiger partial charge >= 0.3 is 6.18 Å². The zero-order chi connectivity index (χ0) is 25.1. The molecule has 7 nitrogen and oxygen atoms in total. The molecule has 0 fully saturated rings. The van der Waals surface area contributed by atoms with Crippen LogP contribution in [-0.2, 0) is 32.7 Å². The summed E-state index contributed by atoms with van der Waals surface area (Å²) in [5, 5.41) is 3.68. The van der Waals surface area contributed by atoms with E-state index in [0.717, 1.165) is 18.2 Å². The Bertz CT molecular complexity index is 1430. The smallest absolute Gasteiger partial charge is 0.282 e. The summed E-state index contributed by atoms with van der Waals surface area (Å²) in [6.07, 6.45) is -3.01. The first kappa shape index (κ1) is 25.4. The van der Waals surface area contributed by atoms with Crippen LogP contribution in [0.4, 0.5) is 13.2 Å². The lowest BCUT2D eigenvalue weighted by Crippen LogP contribution is -2.18. The standard InChI is InChI=1S/C22H19F3N2O5S2/c1-2-15-7-10-18(11-8-15)33(28,29)27-26-14-16-5-3-4-6-19(16)20-13-17(22(23,24)25)9-12-21(20)34(30,31)32/h3-14,27H,2H2,1H3,(H,30,31,32)/b26-14+. The average Bonchev–Trinajstić information content (AvgIpc) is 2.78. The summed E-state index contributed by atoms with van der Waals surface area (Å²) in [7, 11) is -8.89. The van der Waals surface area contributed by atoms with Crippen molar-refractivity contribution in [3.8, 4) is 11.1 Å². The first-order chi connectivity index (χ1) is 15.8. The van der Waals surface area contributed by atoms with E-state index in [9.17, 15) is 34.6 Å². The van der Waals surface area contributed by atoms with E-state index in [0.29, 0.717) is 18.2 Å². The number of hydrogen-bond donors (Lipinski definition) is 2. The van der Waals surface area contributed by atoms with Crippen LogP contribution < -0.4 is 4.83 Å². The van der Waals surface area contributed by atoms with E-state index in [-0.39, 0.29) is 16.0 Å². The molecule has 3 aromatic carbocycles. The molecule has 0 aliphatic heterocycles. The number of nitrogens with one attached hydrogen (secondary N) is 1. The van der Waals surface area contributed by atoms with Crippen LogP contribution in [0.25, 0.3) is 11.1 Å². The number of hydrazone groups is 1. The van der Waals surface area contributed by atoms with Crippen molar-refractivity contribution in [2.75, 3.05) is 0 Å². The molecule has 0 unspecified atom stereocenters. The third-order valence-corrected chi connectivity index (χ3v) is 7.00. The summed E-state index contributed by atoms with van der Waals surface area (Å²) in [5.41, 5.74) is -0.519. The van der Waals surface area contributed by atoms with Crippen LogP contribution in [0, 0.1) is 0 Å². The van der Waals surface area contributed by atoms with Crippen LogP contribution in [-0.4, -0.2) is 27.6 Å². The zero-order valence-electron chi connectivity index (χ0n) is 17.6. The van der Waals surface area contributed by atoms with Gasteiger partial charge in [-0.25, -0.2) is 4.83 Å². The SMILES string of the molecule is CCc1ccc(S(=O)(=O)N/N=C/c2ccccc2-c2cc(C(F)(F)F)ccc2S(=O)(=O)O)cc1. The summed E-state index contributed by atoms with van der Waals surface area (Å²) in [6.45, 7) is 1.92. The van der Waals surface area contributed by atoms with Crippen molar-refractivity contribution >= 4 is 26.4 Å². The van der Waals surface area contributed by atoms with Gasteiger partial charge in [-0.1, -0.05) is 43.3 Å². The first-order valence-corrected chi connectivity index (χ1v) is 12.7. The van der Waals surface area contributed by atoms with E-state index >= 15 is 0 Å². The molecule has 0 aromatic heterocycles. The second-order valence-electron chi connectivity index (χ2n) is 7.12.